The van der Waals surface area contributed by atoms with Gasteiger partial charge in [-0.3, -0.25) is 4.84 Å². The van der Waals surface area contributed by atoms with Crippen LogP contribution in [0.4, 0.5) is 8.78 Å². The monoisotopic (exact) mass is 503 g/mol. The zero-order valence-corrected chi connectivity index (χ0v) is 22.8. The summed E-state index contributed by atoms with van der Waals surface area (Å²) in [6.45, 7) is 15.1. The number of benzene rings is 3. The molecular formula is C33H39F2NO. The molecule has 0 aromatic heterocycles. The largest absolute Gasteiger partial charge is 0.298 e. The predicted octanol–water partition coefficient (Wildman–Crippen LogP) is 9.11. The van der Waals surface area contributed by atoms with E-state index in [1.54, 1.807) is 12.1 Å². The fourth-order valence-corrected chi connectivity index (χ4v) is 6.04. The first-order valence-electron chi connectivity index (χ1n) is 13.3. The molecule has 0 amide bonds. The highest BCUT2D eigenvalue weighted by Crippen LogP contribution is 2.46. The summed E-state index contributed by atoms with van der Waals surface area (Å²) in [5.74, 6) is -0.234. The van der Waals surface area contributed by atoms with Gasteiger partial charge < -0.3 is 0 Å². The van der Waals surface area contributed by atoms with Crippen LogP contribution in [-0.4, -0.2) is 22.7 Å². The fourth-order valence-electron chi connectivity index (χ4n) is 6.04. The highest BCUT2D eigenvalue weighted by molar-refractivity contribution is 5.71. The van der Waals surface area contributed by atoms with Gasteiger partial charge >= 0.3 is 0 Å². The van der Waals surface area contributed by atoms with Crippen LogP contribution in [-0.2, 0) is 11.3 Å². The van der Waals surface area contributed by atoms with E-state index in [9.17, 15) is 4.39 Å². The zero-order valence-electron chi connectivity index (χ0n) is 22.8. The van der Waals surface area contributed by atoms with Crippen molar-refractivity contribution in [3.63, 3.8) is 0 Å². The van der Waals surface area contributed by atoms with Gasteiger partial charge in [0, 0.05) is 22.2 Å². The van der Waals surface area contributed by atoms with Crippen LogP contribution in [0.2, 0.25) is 0 Å². The molecule has 4 heteroatoms. The van der Waals surface area contributed by atoms with Crippen molar-refractivity contribution in [1.82, 2.24) is 5.06 Å². The molecule has 1 aliphatic heterocycles. The number of aryl methyl sites for hydroxylation is 1. The minimum absolute atomic E-state index is 0.160. The maximum Gasteiger partial charge on any atom is 0.131 e. The topological polar surface area (TPSA) is 12.5 Å². The lowest BCUT2D eigenvalue weighted by Gasteiger charge is -2.54. The number of piperidine rings is 1. The van der Waals surface area contributed by atoms with Gasteiger partial charge in [-0.2, -0.15) is 5.06 Å². The SMILES string of the molecule is C=CCCc1ccc(-c2ccc(-c3ccc(C4CC(C)(C)N(OCC)C(C)(C)C4)cc3F)cc2)c(F)c1. The van der Waals surface area contributed by atoms with Gasteiger partial charge in [0.05, 0.1) is 6.61 Å². The maximum atomic E-state index is 15.4. The van der Waals surface area contributed by atoms with Gasteiger partial charge in [-0.25, -0.2) is 8.78 Å². The Labute approximate surface area is 220 Å². The molecule has 3 aromatic carbocycles. The third kappa shape index (κ3) is 5.86. The molecule has 0 aliphatic carbocycles. The number of hydrogen-bond acceptors (Lipinski definition) is 2. The summed E-state index contributed by atoms with van der Waals surface area (Å²) >= 11 is 0. The molecule has 0 saturated carbocycles. The van der Waals surface area contributed by atoms with Gasteiger partial charge in [0.2, 0.25) is 0 Å². The van der Waals surface area contributed by atoms with Gasteiger partial charge in [-0.1, -0.05) is 54.6 Å². The molecule has 0 bridgehead atoms. The summed E-state index contributed by atoms with van der Waals surface area (Å²) in [5.41, 5.74) is 4.32. The Morgan fingerprint density at radius 2 is 1.41 bits per heavy atom. The molecule has 0 N–H and O–H groups in total. The van der Waals surface area contributed by atoms with Gasteiger partial charge in [0.25, 0.3) is 0 Å². The van der Waals surface area contributed by atoms with E-state index in [0.717, 1.165) is 47.9 Å². The molecule has 0 spiro atoms. The Bertz CT molecular complexity index is 1230. The van der Waals surface area contributed by atoms with E-state index < -0.39 is 0 Å². The van der Waals surface area contributed by atoms with Crippen molar-refractivity contribution in [2.75, 3.05) is 6.61 Å². The third-order valence-electron chi connectivity index (χ3n) is 7.49. The van der Waals surface area contributed by atoms with Crippen LogP contribution in [0.25, 0.3) is 22.3 Å². The molecule has 4 rings (SSSR count). The van der Waals surface area contributed by atoms with E-state index in [-0.39, 0.29) is 28.6 Å². The smallest absolute Gasteiger partial charge is 0.131 e. The van der Waals surface area contributed by atoms with E-state index in [0.29, 0.717) is 17.7 Å². The lowest BCUT2D eigenvalue weighted by Crippen LogP contribution is -2.59. The summed E-state index contributed by atoms with van der Waals surface area (Å²) in [6, 6.07) is 18.4. The van der Waals surface area contributed by atoms with E-state index in [1.807, 2.05) is 55.5 Å². The molecule has 0 radical (unpaired) electrons. The second kappa shape index (κ2) is 10.9. The third-order valence-corrected chi connectivity index (χ3v) is 7.49. The molecular weight excluding hydrogens is 464 g/mol. The van der Waals surface area contributed by atoms with E-state index in [1.165, 1.54) is 0 Å². The zero-order chi connectivity index (χ0) is 26.8. The first kappa shape index (κ1) is 27.2. The number of halogens is 2. The quantitative estimate of drug-likeness (QED) is 0.284. The second-order valence-electron chi connectivity index (χ2n) is 11.4. The Morgan fingerprint density at radius 1 is 0.865 bits per heavy atom. The minimum Gasteiger partial charge on any atom is -0.298 e. The Morgan fingerprint density at radius 3 is 1.89 bits per heavy atom. The number of hydroxylamine groups is 2. The number of nitrogens with zero attached hydrogens (tertiary/aromatic N) is 1. The van der Waals surface area contributed by atoms with Crippen LogP contribution >= 0.6 is 0 Å². The van der Waals surface area contributed by atoms with Crippen LogP contribution in [0, 0.1) is 11.6 Å². The molecule has 0 unspecified atom stereocenters. The average molecular weight is 504 g/mol. The van der Waals surface area contributed by atoms with Crippen LogP contribution in [0.3, 0.4) is 0 Å². The highest BCUT2D eigenvalue weighted by atomic mass is 19.1. The maximum absolute atomic E-state index is 15.4. The number of allylic oxidation sites excluding steroid dienone is 1. The van der Waals surface area contributed by atoms with Crippen molar-refractivity contribution in [2.45, 2.75) is 77.3 Å². The van der Waals surface area contributed by atoms with Crippen molar-refractivity contribution >= 4 is 0 Å². The minimum atomic E-state index is -0.244. The standard InChI is InChI=1S/C33H39F2NO/c1-7-9-10-23-11-17-28(30(34)19-23)24-12-14-25(15-13-24)29-18-16-26(20-31(29)35)27-21-32(3,4)36(37-8-2)33(5,6)22-27/h7,11-20,27H,1,8-10,21-22H2,2-6H3. The summed E-state index contributed by atoms with van der Waals surface area (Å²) < 4.78 is 30.2. The lowest BCUT2D eigenvalue weighted by molar-refractivity contribution is -0.280. The fraction of sp³-hybridized carbons (Fsp3) is 0.394. The van der Waals surface area contributed by atoms with Crippen molar-refractivity contribution in [3.8, 4) is 22.3 Å². The van der Waals surface area contributed by atoms with Crippen molar-refractivity contribution in [2.24, 2.45) is 0 Å². The highest BCUT2D eigenvalue weighted by Gasteiger charge is 2.46. The molecule has 37 heavy (non-hydrogen) atoms. The van der Waals surface area contributed by atoms with E-state index >= 15 is 4.39 Å². The first-order valence-corrected chi connectivity index (χ1v) is 13.3. The van der Waals surface area contributed by atoms with Crippen LogP contribution in [0.1, 0.15) is 70.9 Å². The molecule has 1 fully saturated rings. The van der Waals surface area contributed by atoms with Gasteiger partial charge in [-0.15, -0.1) is 6.58 Å². The number of hydrogen-bond donors (Lipinski definition) is 0. The predicted molar refractivity (Wildman–Crippen MR) is 149 cm³/mol. The summed E-state index contributed by atoms with van der Waals surface area (Å²) in [4.78, 5) is 6.00. The van der Waals surface area contributed by atoms with Gasteiger partial charge in [-0.05, 0) is 101 Å². The van der Waals surface area contributed by atoms with Crippen LogP contribution in [0.15, 0.2) is 73.3 Å². The second-order valence-corrected chi connectivity index (χ2v) is 11.4. The summed E-state index contributed by atoms with van der Waals surface area (Å²) in [6.07, 6.45) is 5.21. The van der Waals surface area contributed by atoms with Crippen molar-refractivity contribution in [1.29, 1.82) is 0 Å². The Hall–Kier alpha value is -2.82. The van der Waals surface area contributed by atoms with E-state index in [2.05, 4.69) is 45.4 Å². The molecule has 3 aromatic rings. The average Bonchev–Trinajstić information content (AvgIpc) is 2.85. The first-order chi connectivity index (χ1) is 17.6. The Balaban J connectivity index is 1.54. The van der Waals surface area contributed by atoms with Crippen molar-refractivity contribution < 1.29 is 13.6 Å². The molecule has 0 atom stereocenters. The molecule has 1 saturated heterocycles. The number of rotatable bonds is 8. The van der Waals surface area contributed by atoms with Crippen LogP contribution < -0.4 is 0 Å². The lowest BCUT2D eigenvalue weighted by atomic mass is 9.72. The van der Waals surface area contributed by atoms with Crippen molar-refractivity contribution in [3.05, 3.63) is 96.1 Å². The molecule has 1 aliphatic rings. The summed E-state index contributed by atoms with van der Waals surface area (Å²) in [5, 5.41) is 2.13. The Kier molecular flexibility index (Phi) is 8.01. The van der Waals surface area contributed by atoms with Crippen LogP contribution in [0.5, 0.6) is 0 Å². The normalized spacial score (nSPS) is 17.6. The molecule has 196 valence electrons. The molecule has 2 nitrogen and oxygen atoms in total. The van der Waals surface area contributed by atoms with E-state index in [4.69, 9.17) is 4.84 Å². The van der Waals surface area contributed by atoms with Gasteiger partial charge in [0.1, 0.15) is 11.6 Å². The molecule has 1 heterocycles. The van der Waals surface area contributed by atoms with Gasteiger partial charge in [0.15, 0.2) is 0 Å². The summed E-state index contributed by atoms with van der Waals surface area (Å²) in [7, 11) is 0.